The van der Waals surface area contributed by atoms with Crippen molar-refractivity contribution in [2.45, 2.75) is 19.3 Å². The van der Waals surface area contributed by atoms with Gasteiger partial charge < -0.3 is 16.8 Å². The first-order valence-corrected chi connectivity index (χ1v) is 6.92. The van der Waals surface area contributed by atoms with E-state index in [-0.39, 0.29) is 5.41 Å². The number of nitrogens with one attached hydrogen (secondary N) is 1. The van der Waals surface area contributed by atoms with E-state index < -0.39 is 0 Å². The normalized spacial score (nSPS) is 11.3. The van der Waals surface area contributed by atoms with Crippen molar-refractivity contribution < 1.29 is 0 Å². The molecule has 0 bridgehead atoms. The summed E-state index contributed by atoms with van der Waals surface area (Å²) >= 11 is 6.27. The zero-order chi connectivity index (χ0) is 14.8. The summed E-state index contributed by atoms with van der Waals surface area (Å²) in [4.78, 5) is 0. The molecule has 0 saturated heterocycles. The van der Waals surface area contributed by atoms with Gasteiger partial charge in [0.05, 0.1) is 11.4 Å². The first kappa shape index (κ1) is 14.5. The summed E-state index contributed by atoms with van der Waals surface area (Å²) in [6.07, 6.45) is 0. The van der Waals surface area contributed by atoms with Crippen LogP contribution in [-0.4, -0.2) is 6.54 Å². The monoisotopic (exact) mass is 289 g/mol. The number of halogens is 1. The van der Waals surface area contributed by atoms with Crippen molar-refractivity contribution in [3.63, 3.8) is 0 Å². The molecular formula is C16H20ClN3. The molecule has 0 aromatic heterocycles. The molecule has 0 aliphatic carbocycles. The Balaban J connectivity index is 2.15. The lowest BCUT2D eigenvalue weighted by Crippen LogP contribution is -2.28. The van der Waals surface area contributed by atoms with Crippen molar-refractivity contribution in [2.75, 3.05) is 23.3 Å². The number of hydrogen-bond acceptors (Lipinski definition) is 3. The second-order valence-corrected chi connectivity index (χ2v) is 5.97. The largest absolute Gasteiger partial charge is 0.399 e. The Bertz CT molecular complexity index is 608. The van der Waals surface area contributed by atoms with Crippen molar-refractivity contribution in [3.8, 4) is 0 Å². The van der Waals surface area contributed by atoms with Crippen LogP contribution in [0.1, 0.15) is 19.4 Å². The van der Waals surface area contributed by atoms with Crippen LogP contribution in [0, 0.1) is 0 Å². The highest BCUT2D eigenvalue weighted by Crippen LogP contribution is 2.31. The zero-order valence-corrected chi connectivity index (χ0v) is 12.5. The summed E-state index contributed by atoms with van der Waals surface area (Å²) < 4.78 is 0. The lowest BCUT2D eigenvalue weighted by atomic mass is 9.84. The van der Waals surface area contributed by atoms with E-state index in [1.54, 1.807) is 6.07 Å². The smallest absolute Gasteiger partial charge is 0.0575 e. The van der Waals surface area contributed by atoms with Crippen LogP contribution in [0.25, 0.3) is 0 Å². The first-order valence-electron chi connectivity index (χ1n) is 6.54. The minimum Gasteiger partial charge on any atom is -0.399 e. The number of anilines is 3. The molecule has 0 heterocycles. The van der Waals surface area contributed by atoms with Gasteiger partial charge in [0.15, 0.2) is 0 Å². The van der Waals surface area contributed by atoms with Gasteiger partial charge in [0.1, 0.15) is 0 Å². The molecule has 0 radical (unpaired) electrons. The fraction of sp³-hybridized carbons (Fsp3) is 0.250. The molecular weight excluding hydrogens is 270 g/mol. The van der Waals surface area contributed by atoms with Crippen LogP contribution in [0.5, 0.6) is 0 Å². The summed E-state index contributed by atoms with van der Waals surface area (Å²) in [6.45, 7) is 5.02. The van der Waals surface area contributed by atoms with Gasteiger partial charge in [0.2, 0.25) is 0 Å². The van der Waals surface area contributed by atoms with E-state index in [0.29, 0.717) is 11.4 Å². The molecule has 2 aromatic rings. The van der Waals surface area contributed by atoms with E-state index in [1.165, 1.54) is 0 Å². The van der Waals surface area contributed by atoms with E-state index in [2.05, 4.69) is 25.2 Å². The third kappa shape index (κ3) is 3.17. The Labute approximate surface area is 124 Å². The van der Waals surface area contributed by atoms with E-state index in [9.17, 15) is 0 Å². The summed E-state index contributed by atoms with van der Waals surface area (Å²) in [6, 6.07) is 13.4. The maximum atomic E-state index is 6.27. The molecule has 0 saturated carbocycles. The van der Waals surface area contributed by atoms with Crippen molar-refractivity contribution in [1.29, 1.82) is 0 Å². The van der Waals surface area contributed by atoms with E-state index in [0.717, 1.165) is 22.8 Å². The SMILES string of the molecule is CC(C)(CNc1ccc(N)cc1N)c1ccccc1Cl. The lowest BCUT2D eigenvalue weighted by Gasteiger charge is -2.27. The third-order valence-corrected chi connectivity index (χ3v) is 3.73. The average molecular weight is 290 g/mol. The maximum absolute atomic E-state index is 6.27. The van der Waals surface area contributed by atoms with Gasteiger partial charge in [-0.3, -0.25) is 0 Å². The molecule has 2 rings (SSSR count). The van der Waals surface area contributed by atoms with Crippen LogP contribution < -0.4 is 16.8 Å². The molecule has 0 aliphatic heterocycles. The Morgan fingerprint density at radius 3 is 2.45 bits per heavy atom. The van der Waals surface area contributed by atoms with Crippen LogP contribution in [0.15, 0.2) is 42.5 Å². The summed E-state index contributed by atoms with van der Waals surface area (Å²) in [5.74, 6) is 0. The van der Waals surface area contributed by atoms with Gasteiger partial charge in [0, 0.05) is 22.7 Å². The lowest BCUT2D eigenvalue weighted by molar-refractivity contribution is 0.557. The number of nitrogens with two attached hydrogens (primary N) is 2. The minimum absolute atomic E-state index is 0.105. The van der Waals surface area contributed by atoms with E-state index >= 15 is 0 Å². The summed E-state index contributed by atoms with van der Waals surface area (Å²) in [5.41, 5.74) is 14.9. The van der Waals surface area contributed by atoms with Crippen molar-refractivity contribution >= 4 is 28.7 Å². The van der Waals surface area contributed by atoms with Crippen LogP contribution in [0.3, 0.4) is 0 Å². The van der Waals surface area contributed by atoms with Crippen molar-refractivity contribution in [3.05, 3.63) is 53.1 Å². The Hall–Kier alpha value is -1.87. The molecule has 0 fully saturated rings. The highest BCUT2D eigenvalue weighted by Gasteiger charge is 2.23. The topological polar surface area (TPSA) is 64.1 Å². The number of hydrogen-bond donors (Lipinski definition) is 3. The molecule has 5 N–H and O–H groups in total. The number of benzene rings is 2. The Kier molecular flexibility index (Phi) is 4.09. The van der Waals surface area contributed by atoms with E-state index in [4.69, 9.17) is 23.1 Å². The van der Waals surface area contributed by atoms with Gasteiger partial charge in [-0.25, -0.2) is 0 Å². The first-order chi connectivity index (χ1) is 9.40. The summed E-state index contributed by atoms with van der Waals surface area (Å²) in [5, 5.41) is 4.15. The molecule has 3 nitrogen and oxygen atoms in total. The van der Waals surface area contributed by atoms with Gasteiger partial charge >= 0.3 is 0 Å². The molecule has 106 valence electrons. The molecule has 20 heavy (non-hydrogen) atoms. The molecule has 0 atom stereocenters. The minimum atomic E-state index is -0.105. The number of nitrogen functional groups attached to an aromatic ring is 2. The highest BCUT2D eigenvalue weighted by atomic mass is 35.5. The fourth-order valence-electron chi connectivity index (χ4n) is 2.16. The molecule has 0 aliphatic rings. The predicted octanol–water partition coefficient (Wildman–Crippen LogP) is 3.89. The van der Waals surface area contributed by atoms with Crippen LogP contribution in [0.2, 0.25) is 5.02 Å². The maximum Gasteiger partial charge on any atom is 0.0575 e. The van der Waals surface area contributed by atoms with Gasteiger partial charge in [0.25, 0.3) is 0 Å². The third-order valence-electron chi connectivity index (χ3n) is 3.40. The molecule has 0 amide bonds. The Morgan fingerprint density at radius 2 is 1.80 bits per heavy atom. The average Bonchev–Trinajstić information content (AvgIpc) is 2.38. The second-order valence-electron chi connectivity index (χ2n) is 5.56. The molecule has 4 heteroatoms. The Morgan fingerprint density at radius 1 is 1.10 bits per heavy atom. The van der Waals surface area contributed by atoms with Gasteiger partial charge in [-0.15, -0.1) is 0 Å². The van der Waals surface area contributed by atoms with Gasteiger partial charge in [-0.05, 0) is 29.8 Å². The fourth-order valence-corrected chi connectivity index (χ4v) is 2.56. The molecule has 0 unspecified atom stereocenters. The van der Waals surface area contributed by atoms with Crippen LogP contribution >= 0.6 is 11.6 Å². The van der Waals surface area contributed by atoms with Crippen LogP contribution in [-0.2, 0) is 5.41 Å². The van der Waals surface area contributed by atoms with Crippen molar-refractivity contribution in [1.82, 2.24) is 0 Å². The van der Waals surface area contributed by atoms with E-state index in [1.807, 2.05) is 30.3 Å². The predicted molar refractivity (Wildman–Crippen MR) is 88.2 cm³/mol. The quantitative estimate of drug-likeness (QED) is 0.748. The standard InChI is InChI=1S/C16H20ClN3/c1-16(2,12-5-3-4-6-13(12)17)10-20-15-8-7-11(18)9-14(15)19/h3-9,20H,10,18-19H2,1-2H3. The van der Waals surface area contributed by atoms with Crippen molar-refractivity contribution in [2.24, 2.45) is 0 Å². The van der Waals surface area contributed by atoms with Gasteiger partial charge in [-0.2, -0.15) is 0 Å². The summed E-state index contributed by atoms with van der Waals surface area (Å²) in [7, 11) is 0. The second kappa shape index (κ2) is 5.63. The van der Waals surface area contributed by atoms with Gasteiger partial charge in [-0.1, -0.05) is 43.6 Å². The van der Waals surface area contributed by atoms with Crippen LogP contribution in [0.4, 0.5) is 17.1 Å². The zero-order valence-electron chi connectivity index (χ0n) is 11.8. The number of rotatable bonds is 4. The highest BCUT2D eigenvalue weighted by molar-refractivity contribution is 6.31. The molecule has 0 spiro atoms. The molecule has 2 aromatic carbocycles.